The molecule has 0 saturated carbocycles. The van der Waals surface area contributed by atoms with E-state index in [1.54, 1.807) is 12.1 Å². The Morgan fingerprint density at radius 3 is 2.31 bits per heavy atom. The molecular weight excluding hydrogens is 495 g/mol. The van der Waals surface area contributed by atoms with Crippen molar-refractivity contribution in [2.24, 2.45) is 10.9 Å². The molecule has 0 amide bonds. The van der Waals surface area contributed by atoms with E-state index in [2.05, 4.69) is 34.2 Å². The molecule has 0 heterocycles. The van der Waals surface area contributed by atoms with E-state index in [9.17, 15) is 13.9 Å². The van der Waals surface area contributed by atoms with Crippen LogP contribution in [0.3, 0.4) is 0 Å². The summed E-state index contributed by atoms with van der Waals surface area (Å²) in [4.78, 5) is 4.40. The molecule has 1 aromatic carbocycles. The van der Waals surface area contributed by atoms with Crippen molar-refractivity contribution in [3.63, 3.8) is 0 Å². The summed E-state index contributed by atoms with van der Waals surface area (Å²) in [5.41, 5.74) is 0.581. The molecule has 168 valence electrons. The van der Waals surface area contributed by atoms with Gasteiger partial charge in [-0.15, -0.1) is 24.0 Å². The lowest BCUT2D eigenvalue weighted by molar-refractivity contribution is -0.0498. The van der Waals surface area contributed by atoms with E-state index in [1.807, 2.05) is 13.8 Å². The molecule has 2 unspecified atom stereocenters. The van der Waals surface area contributed by atoms with E-state index in [-0.39, 0.29) is 42.4 Å². The van der Waals surface area contributed by atoms with Gasteiger partial charge in [0.1, 0.15) is 5.75 Å². The molecule has 0 aliphatic heterocycles. The van der Waals surface area contributed by atoms with E-state index in [4.69, 9.17) is 4.74 Å². The fraction of sp³-hybridized carbons (Fsp3) is 0.650. The van der Waals surface area contributed by atoms with Crippen LogP contribution in [0.15, 0.2) is 29.3 Å². The van der Waals surface area contributed by atoms with Crippen molar-refractivity contribution in [3.05, 3.63) is 29.8 Å². The predicted molar refractivity (Wildman–Crippen MR) is 122 cm³/mol. The van der Waals surface area contributed by atoms with Crippen molar-refractivity contribution in [1.82, 2.24) is 10.6 Å². The predicted octanol–water partition coefficient (Wildman–Crippen LogP) is 3.95. The summed E-state index contributed by atoms with van der Waals surface area (Å²) in [5, 5.41) is 16.7. The van der Waals surface area contributed by atoms with Crippen LogP contribution in [0.2, 0.25) is 0 Å². The normalized spacial score (nSPS) is 13.8. The number of alkyl halides is 2. The first-order valence-corrected chi connectivity index (χ1v) is 9.73. The number of rotatable bonds is 12. The molecule has 6 nitrogen and oxygen atoms in total. The van der Waals surface area contributed by atoms with E-state index < -0.39 is 12.7 Å². The highest BCUT2D eigenvalue weighted by molar-refractivity contribution is 14.0. The van der Waals surface area contributed by atoms with Crippen molar-refractivity contribution in [2.45, 2.75) is 52.9 Å². The fourth-order valence-electron chi connectivity index (χ4n) is 2.65. The summed E-state index contributed by atoms with van der Waals surface area (Å²) in [6.07, 6.45) is 0.187. The maximum atomic E-state index is 12.2. The van der Waals surface area contributed by atoms with Gasteiger partial charge in [0.25, 0.3) is 0 Å². The summed E-state index contributed by atoms with van der Waals surface area (Å²) >= 11 is 0. The highest BCUT2D eigenvalue weighted by Gasteiger charge is 2.13. The Kier molecular flexibility index (Phi) is 15.0. The number of nitrogens with zero attached hydrogens (tertiary/aromatic N) is 1. The maximum absolute atomic E-state index is 12.2. The van der Waals surface area contributed by atoms with Crippen LogP contribution >= 0.6 is 24.0 Å². The van der Waals surface area contributed by atoms with Crippen molar-refractivity contribution in [3.8, 4) is 5.75 Å². The number of nitrogens with one attached hydrogen (secondary N) is 2. The number of halogens is 3. The highest BCUT2D eigenvalue weighted by atomic mass is 127. The third-order valence-corrected chi connectivity index (χ3v) is 4.10. The molecule has 2 atom stereocenters. The number of guanidine groups is 1. The van der Waals surface area contributed by atoms with Gasteiger partial charge in [-0.05, 0) is 43.9 Å². The molecule has 0 spiro atoms. The summed E-state index contributed by atoms with van der Waals surface area (Å²) < 4.78 is 34.4. The average molecular weight is 529 g/mol. The molecule has 29 heavy (non-hydrogen) atoms. The Bertz CT molecular complexity index is 575. The van der Waals surface area contributed by atoms with Gasteiger partial charge >= 0.3 is 6.61 Å². The number of aliphatic hydroxyl groups excluding tert-OH is 1. The van der Waals surface area contributed by atoms with Gasteiger partial charge in [-0.25, -0.2) is 0 Å². The molecule has 0 bridgehead atoms. The van der Waals surface area contributed by atoms with Crippen LogP contribution < -0.4 is 15.4 Å². The third-order valence-electron chi connectivity index (χ3n) is 4.10. The molecule has 0 radical (unpaired) electrons. The van der Waals surface area contributed by atoms with Crippen molar-refractivity contribution < 1.29 is 23.4 Å². The van der Waals surface area contributed by atoms with Crippen LogP contribution in [0.4, 0.5) is 8.78 Å². The summed E-state index contributed by atoms with van der Waals surface area (Å²) in [6.45, 7) is 7.57. The van der Waals surface area contributed by atoms with Crippen LogP contribution in [0, 0.1) is 5.92 Å². The zero-order valence-electron chi connectivity index (χ0n) is 17.5. The zero-order valence-corrected chi connectivity index (χ0v) is 19.9. The lowest BCUT2D eigenvalue weighted by atomic mass is 10.0. The minimum absolute atomic E-state index is 0. The molecule has 0 saturated heterocycles. The molecule has 0 fully saturated rings. The first kappa shape index (κ1) is 27.8. The second kappa shape index (κ2) is 15.6. The van der Waals surface area contributed by atoms with Crippen LogP contribution in [0.5, 0.6) is 5.75 Å². The lowest BCUT2D eigenvalue weighted by Gasteiger charge is -2.21. The number of ether oxygens (including phenoxy) is 2. The first-order valence-electron chi connectivity index (χ1n) is 9.73. The quantitative estimate of drug-likeness (QED) is 0.217. The van der Waals surface area contributed by atoms with E-state index in [0.717, 1.165) is 6.42 Å². The lowest BCUT2D eigenvalue weighted by Crippen LogP contribution is -2.39. The number of benzene rings is 1. The Morgan fingerprint density at radius 2 is 1.79 bits per heavy atom. The summed E-state index contributed by atoms with van der Waals surface area (Å²) in [7, 11) is 0. The monoisotopic (exact) mass is 529 g/mol. The van der Waals surface area contributed by atoms with Gasteiger partial charge in [0.05, 0.1) is 18.8 Å². The smallest absolute Gasteiger partial charge is 0.387 e. The molecular formula is C20H34F2IN3O3. The molecule has 3 N–H and O–H groups in total. The van der Waals surface area contributed by atoms with Crippen LogP contribution in [-0.4, -0.2) is 50.0 Å². The molecule has 9 heteroatoms. The van der Waals surface area contributed by atoms with Gasteiger partial charge in [-0.1, -0.05) is 26.0 Å². The fourth-order valence-corrected chi connectivity index (χ4v) is 2.65. The van der Waals surface area contributed by atoms with Gasteiger partial charge in [-0.3, -0.25) is 4.99 Å². The Labute approximate surface area is 189 Å². The first-order chi connectivity index (χ1) is 13.4. The maximum Gasteiger partial charge on any atom is 0.387 e. The second-order valence-corrected chi connectivity index (χ2v) is 6.64. The minimum atomic E-state index is -2.87. The third kappa shape index (κ3) is 11.5. The largest absolute Gasteiger partial charge is 0.435 e. The minimum Gasteiger partial charge on any atom is -0.435 e. The van der Waals surface area contributed by atoms with Crippen LogP contribution in [0.1, 0.15) is 45.8 Å². The second-order valence-electron chi connectivity index (χ2n) is 6.64. The number of aliphatic hydroxyl groups is 1. The van der Waals surface area contributed by atoms with Gasteiger partial charge in [0, 0.05) is 19.7 Å². The van der Waals surface area contributed by atoms with Crippen LogP contribution in [-0.2, 0) is 4.74 Å². The van der Waals surface area contributed by atoms with Crippen molar-refractivity contribution in [1.29, 1.82) is 0 Å². The SMILES string of the molecule is CCNC(=NCC(O)c1ccc(OC(F)F)cc1)NCCC(OCC)C(C)C.I. The number of hydrogen-bond donors (Lipinski definition) is 3. The Morgan fingerprint density at radius 1 is 1.14 bits per heavy atom. The van der Waals surface area contributed by atoms with Gasteiger partial charge < -0.3 is 25.2 Å². The van der Waals surface area contributed by atoms with Gasteiger partial charge in [0.15, 0.2) is 5.96 Å². The molecule has 1 rings (SSSR count). The molecule has 0 aromatic heterocycles. The van der Waals surface area contributed by atoms with E-state index in [0.29, 0.717) is 37.1 Å². The topological polar surface area (TPSA) is 75.1 Å². The van der Waals surface area contributed by atoms with Gasteiger partial charge in [-0.2, -0.15) is 8.78 Å². The van der Waals surface area contributed by atoms with Crippen molar-refractivity contribution >= 4 is 29.9 Å². The van der Waals surface area contributed by atoms with E-state index >= 15 is 0 Å². The summed E-state index contributed by atoms with van der Waals surface area (Å²) in [5.74, 6) is 1.09. The Hall–Kier alpha value is -1.20. The average Bonchev–Trinajstić information content (AvgIpc) is 2.65. The molecule has 0 aliphatic carbocycles. The number of aliphatic imine (C=N–C) groups is 1. The van der Waals surface area contributed by atoms with Crippen LogP contribution in [0.25, 0.3) is 0 Å². The van der Waals surface area contributed by atoms with Gasteiger partial charge in [0.2, 0.25) is 0 Å². The van der Waals surface area contributed by atoms with E-state index in [1.165, 1.54) is 12.1 Å². The molecule has 1 aromatic rings. The number of hydrogen-bond acceptors (Lipinski definition) is 4. The summed E-state index contributed by atoms with van der Waals surface area (Å²) in [6, 6.07) is 5.90. The molecule has 0 aliphatic rings. The Balaban J connectivity index is 0.00000784. The van der Waals surface area contributed by atoms with Crippen molar-refractivity contribution in [2.75, 3.05) is 26.2 Å². The highest BCUT2D eigenvalue weighted by Crippen LogP contribution is 2.19. The zero-order chi connectivity index (χ0) is 20.9. The standard InChI is InChI=1S/C20H33F2N3O3.HI/c1-5-23-20(24-12-11-18(14(3)4)27-6-2)25-13-17(26)15-7-9-16(10-8-15)28-19(21)22;/h7-10,14,17-19,26H,5-6,11-13H2,1-4H3,(H2,23,24,25);1H.